The summed E-state index contributed by atoms with van der Waals surface area (Å²) in [6.45, 7) is 0. The fourth-order valence-corrected chi connectivity index (χ4v) is 1.23. The lowest BCUT2D eigenvalue weighted by molar-refractivity contribution is 0.431. The van der Waals surface area contributed by atoms with Crippen molar-refractivity contribution < 1.29 is 5.11 Å². The summed E-state index contributed by atoms with van der Waals surface area (Å²) in [5.74, 6) is 0.486. The predicted molar refractivity (Wildman–Crippen MR) is 37.2 cm³/mol. The predicted octanol–water partition coefficient (Wildman–Crippen LogP) is 1.25. The van der Waals surface area contributed by atoms with Crippen LogP contribution < -0.4 is 0 Å². The van der Waals surface area contributed by atoms with Crippen LogP contribution in [-0.2, 0) is 7.05 Å². The lowest BCUT2D eigenvalue weighted by atomic mass is 10.8. The molecule has 4 heteroatoms. The Hall–Kier alpha value is -0.350. The molecule has 0 saturated heterocycles. The van der Waals surface area contributed by atoms with Crippen LogP contribution in [0.5, 0.6) is 5.88 Å². The van der Waals surface area contributed by atoms with Gasteiger partial charge in [-0.1, -0.05) is 0 Å². The van der Waals surface area contributed by atoms with Crippen LogP contribution in [0, 0.1) is 3.95 Å². The number of rotatable bonds is 0. The van der Waals surface area contributed by atoms with Gasteiger partial charge in [0, 0.05) is 7.05 Å². The molecule has 2 nitrogen and oxygen atoms in total. The zero-order valence-electron chi connectivity index (χ0n) is 4.34. The van der Waals surface area contributed by atoms with Crippen LogP contribution in [0.3, 0.4) is 0 Å². The highest BCUT2D eigenvalue weighted by Crippen LogP contribution is 2.13. The molecule has 0 atom stereocenters. The molecular weight excluding hydrogens is 142 g/mol. The van der Waals surface area contributed by atoms with Gasteiger partial charge in [-0.05, 0) is 12.2 Å². The van der Waals surface area contributed by atoms with E-state index in [9.17, 15) is 0 Å². The van der Waals surface area contributed by atoms with Crippen molar-refractivity contribution in [1.29, 1.82) is 0 Å². The summed E-state index contributed by atoms with van der Waals surface area (Å²) in [5, 5.41) is 8.87. The molecule has 1 heterocycles. The molecule has 0 spiro atoms. The molecule has 2 N–H and O–H groups in total. The lowest BCUT2D eigenvalue weighted by Gasteiger charge is -1.83. The van der Waals surface area contributed by atoms with E-state index < -0.39 is 0 Å². The molecule has 0 aliphatic heterocycles. The molecule has 0 unspecified atom stereocenters. The van der Waals surface area contributed by atoms with Gasteiger partial charge in [-0.3, -0.25) is 4.57 Å². The SMILES string of the molecule is Cn1c([OH2+])csc1=S. The average molecular weight is 148 g/mol. The summed E-state index contributed by atoms with van der Waals surface area (Å²) in [5.41, 5.74) is 0. The van der Waals surface area contributed by atoms with Gasteiger partial charge in [0.15, 0.2) is 3.95 Å². The third-order valence-electron chi connectivity index (χ3n) is 0.907. The first-order chi connectivity index (χ1) is 3.72. The maximum absolute atomic E-state index is 7.15. The minimum atomic E-state index is 0.486. The van der Waals surface area contributed by atoms with E-state index in [0.29, 0.717) is 5.88 Å². The standard InChI is InChI=1S/C4H5NOS2/c1-5-3(6)2-8-4(5)7/h2,6H,1H3/p+1. The van der Waals surface area contributed by atoms with Gasteiger partial charge >= 0.3 is 5.88 Å². The normalized spacial score (nSPS) is 9.62. The van der Waals surface area contributed by atoms with Crippen molar-refractivity contribution in [3.63, 3.8) is 0 Å². The second-order valence-corrected chi connectivity index (χ2v) is 2.95. The zero-order valence-corrected chi connectivity index (χ0v) is 5.97. The van der Waals surface area contributed by atoms with Gasteiger partial charge in [0.2, 0.25) is 0 Å². The van der Waals surface area contributed by atoms with Crippen molar-refractivity contribution in [2.75, 3.05) is 0 Å². The molecule has 0 saturated carbocycles. The average Bonchev–Trinajstić information content (AvgIpc) is 1.98. The van der Waals surface area contributed by atoms with Crippen molar-refractivity contribution in [1.82, 2.24) is 4.57 Å². The summed E-state index contributed by atoms with van der Waals surface area (Å²) in [7, 11) is 1.79. The van der Waals surface area contributed by atoms with Gasteiger partial charge in [0.05, 0.1) is 0 Å². The van der Waals surface area contributed by atoms with Crippen molar-refractivity contribution in [3.8, 4) is 5.88 Å². The molecule has 1 rings (SSSR count). The Balaban J connectivity index is 3.41. The number of nitrogens with zero attached hydrogens (tertiary/aromatic N) is 1. The Bertz CT molecular complexity index is 236. The monoisotopic (exact) mass is 148 g/mol. The number of thiazole rings is 1. The van der Waals surface area contributed by atoms with Gasteiger partial charge < -0.3 is 5.11 Å². The first-order valence-electron chi connectivity index (χ1n) is 2.08. The second-order valence-electron chi connectivity index (χ2n) is 1.45. The second kappa shape index (κ2) is 1.87. The van der Waals surface area contributed by atoms with Crippen LogP contribution in [0.4, 0.5) is 0 Å². The van der Waals surface area contributed by atoms with E-state index in [0.717, 1.165) is 3.95 Å². The maximum atomic E-state index is 7.15. The summed E-state index contributed by atoms with van der Waals surface area (Å²) < 4.78 is 2.43. The highest BCUT2D eigenvalue weighted by atomic mass is 32.1. The third-order valence-corrected chi connectivity index (χ3v) is 2.29. The molecule has 0 radical (unpaired) electrons. The molecule has 0 fully saturated rings. The molecule has 1 aromatic heterocycles. The Kier molecular flexibility index (Phi) is 1.35. The maximum Gasteiger partial charge on any atom is 0.348 e. The molecule has 0 bridgehead atoms. The Morgan fingerprint density at radius 1 is 1.88 bits per heavy atom. The number of aromatic nitrogens is 1. The van der Waals surface area contributed by atoms with Crippen LogP contribution >= 0.6 is 23.6 Å². The largest absolute Gasteiger partial charge is 0.579 e. The van der Waals surface area contributed by atoms with Crippen LogP contribution in [0.15, 0.2) is 5.38 Å². The fraction of sp³-hybridized carbons (Fsp3) is 0.250. The summed E-state index contributed by atoms with van der Waals surface area (Å²) in [4.78, 5) is 0. The van der Waals surface area contributed by atoms with Crippen molar-refractivity contribution in [3.05, 3.63) is 9.33 Å². The lowest BCUT2D eigenvalue weighted by Crippen LogP contribution is -1.82. The Morgan fingerprint density at radius 2 is 2.50 bits per heavy atom. The highest BCUT2D eigenvalue weighted by molar-refractivity contribution is 7.73. The zero-order chi connectivity index (χ0) is 6.15. The summed E-state index contributed by atoms with van der Waals surface area (Å²) >= 11 is 6.26. The van der Waals surface area contributed by atoms with E-state index >= 15 is 0 Å². The Morgan fingerprint density at radius 3 is 2.62 bits per heavy atom. The van der Waals surface area contributed by atoms with Crippen molar-refractivity contribution in [2.24, 2.45) is 7.05 Å². The summed E-state index contributed by atoms with van der Waals surface area (Å²) in [6, 6.07) is 0. The van der Waals surface area contributed by atoms with Crippen LogP contribution in [0.25, 0.3) is 0 Å². The Labute approximate surface area is 56.0 Å². The molecule has 44 valence electrons. The molecule has 0 aromatic carbocycles. The van der Waals surface area contributed by atoms with Gasteiger partial charge in [0.1, 0.15) is 5.38 Å². The molecular formula is C4H6NOS2+. The van der Waals surface area contributed by atoms with E-state index in [1.807, 2.05) is 0 Å². The van der Waals surface area contributed by atoms with Crippen LogP contribution in [-0.4, -0.2) is 9.67 Å². The van der Waals surface area contributed by atoms with Crippen LogP contribution in [0.1, 0.15) is 0 Å². The minimum Gasteiger partial charge on any atom is -0.579 e. The van der Waals surface area contributed by atoms with Crippen LogP contribution in [0.2, 0.25) is 0 Å². The van der Waals surface area contributed by atoms with Gasteiger partial charge in [-0.15, -0.1) is 11.3 Å². The third kappa shape index (κ3) is 0.763. The molecule has 8 heavy (non-hydrogen) atoms. The number of hydrogen-bond donors (Lipinski definition) is 0. The highest BCUT2D eigenvalue weighted by Gasteiger charge is 1.97. The molecule has 1 aromatic rings. The van der Waals surface area contributed by atoms with Crippen molar-refractivity contribution >= 4 is 23.6 Å². The fourth-order valence-electron chi connectivity index (χ4n) is 0.363. The van der Waals surface area contributed by atoms with Gasteiger partial charge in [-0.25, -0.2) is 0 Å². The van der Waals surface area contributed by atoms with E-state index in [4.69, 9.17) is 17.3 Å². The topological polar surface area (TPSA) is 27.8 Å². The first kappa shape index (κ1) is 5.78. The van der Waals surface area contributed by atoms with E-state index in [-0.39, 0.29) is 0 Å². The van der Waals surface area contributed by atoms with E-state index in [1.54, 1.807) is 17.0 Å². The van der Waals surface area contributed by atoms with Crippen molar-refractivity contribution in [2.45, 2.75) is 0 Å². The van der Waals surface area contributed by atoms with Gasteiger partial charge in [-0.2, -0.15) is 0 Å². The van der Waals surface area contributed by atoms with E-state index in [2.05, 4.69) is 0 Å². The minimum absolute atomic E-state index is 0.486. The first-order valence-corrected chi connectivity index (χ1v) is 3.36. The van der Waals surface area contributed by atoms with Gasteiger partial charge in [0.25, 0.3) is 0 Å². The molecule has 0 aliphatic rings. The quantitative estimate of drug-likeness (QED) is 0.402. The summed E-state index contributed by atoms with van der Waals surface area (Å²) in [6.07, 6.45) is 0. The van der Waals surface area contributed by atoms with E-state index in [1.165, 1.54) is 11.3 Å². The molecule has 0 aliphatic carbocycles. The smallest absolute Gasteiger partial charge is 0.348 e. The molecule has 0 amide bonds. The number of hydrogen-bond acceptors (Lipinski definition) is 2.